The average molecular weight is 285 g/mol. The Hall–Kier alpha value is -1.12. The Morgan fingerprint density at radius 2 is 1.90 bits per heavy atom. The van der Waals surface area contributed by atoms with Crippen LogP contribution < -0.4 is 5.32 Å². The van der Waals surface area contributed by atoms with Gasteiger partial charge in [0.05, 0.1) is 6.04 Å². The summed E-state index contributed by atoms with van der Waals surface area (Å²) in [7, 11) is 2.07. The van der Waals surface area contributed by atoms with Crippen LogP contribution in [-0.4, -0.2) is 7.05 Å². The Kier molecular flexibility index (Phi) is 4.23. The van der Waals surface area contributed by atoms with Gasteiger partial charge < -0.3 is 5.32 Å². The van der Waals surface area contributed by atoms with Gasteiger partial charge in [0, 0.05) is 9.75 Å². The fraction of sp³-hybridized carbons (Fsp3) is 0.444. The number of aryl methyl sites for hydroxylation is 3. The minimum absolute atomic E-state index is 0.341. The monoisotopic (exact) mass is 285 g/mol. The van der Waals surface area contributed by atoms with Crippen molar-refractivity contribution in [3.8, 4) is 0 Å². The molecule has 0 saturated carbocycles. The minimum Gasteiger partial charge on any atom is -0.309 e. The molecular formula is C18H23NS. The summed E-state index contributed by atoms with van der Waals surface area (Å²) in [6.07, 6.45) is 6.67. The summed E-state index contributed by atoms with van der Waals surface area (Å²) < 4.78 is 0. The lowest BCUT2D eigenvalue weighted by Gasteiger charge is -2.17. The molecule has 0 spiro atoms. The Bertz CT molecular complexity index is 561. The van der Waals surface area contributed by atoms with Crippen LogP contribution in [0.25, 0.3) is 0 Å². The van der Waals surface area contributed by atoms with Crippen LogP contribution >= 0.6 is 11.3 Å². The normalized spacial score (nSPS) is 16.5. The van der Waals surface area contributed by atoms with Crippen LogP contribution in [0.2, 0.25) is 0 Å². The van der Waals surface area contributed by atoms with Crippen molar-refractivity contribution in [3.63, 3.8) is 0 Å². The van der Waals surface area contributed by atoms with Gasteiger partial charge in [-0.15, -0.1) is 11.3 Å². The van der Waals surface area contributed by atoms with Crippen molar-refractivity contribution < 1.29 is 0 Å². The van der Waals surface area contributed by atoms with Gasteiger partial charge in [0.1, 0.15) is 0 Å². The lowest BCUT2D eigenvalue weighted by molar-refractivity contribution is 0.695. The number of rotatable bonds is 3. The predicted octanol–water partition coefficient (Wildman–Crippen LogP) is 4.63. The van der Waals surface area contributed by atoms with E-state index in [1.807, 2.05) is 11.3 Å². The third kappa shape index (κ3) is 2.68. The van der Waals surface area contributed by atoms with E-state index in [2.05, 4.69) is 49.6 Å². The maximum atomic E-state index is 3.51. The zero-order valence-corrected chi connectivity index (χ0v) is 13.2. The van der Waals surface area contributed by atoms with E-state index in [9.17, 15) is 0 Å². The number of fused-ring (bicyclic) bond motifs is 1. The lowest BCUT2D eigenvalue weighted by atomic mass is 9.99. The van der Waals surface area contributed by atoms with Crippen molar-refractivity contribution in [2.45, 2.75) is 45.1 Å². The molecule has 0 saturated heterocycles. The highest BCUT2D eigenvalue weighted by atomic mass is 32.1. The molecule has 1 unspecified atom stereocenters. The molecule has 1 atom stereocenters. The van der Waals surface area contributed by atoms with Crippen LogP contribution in [0.3, 0.4) is 0 Å². The summed E-state index contributed by atoms with van der Waals surface area (Å²) in [5.41, 5.74) is 4.39. The topological polar surface area (TPSA) is 12.0 Å². The molecule has 0 bridgehead atoms. The van der Waals surface area contributed by atoms with Crippen molar-refractivity contribution in [1.29, 1.82) is 0 Å². The second-order valence-corrected chi connectivity index (χ2v) is 6.90. The lowest BCUT2D eigenvalue weighted by Crippen LogP contribution is -2.17. The Morgan fingerprint density at radius 3 is 2.70 bits per heavy atom. The molecule has 1 aromatic heterocycles. The van der Waals surface area contributed by atoms with E-state index in [0.29, 0.717) is 6.04 Å². The van der Waals surface area contributed by atoms with E-state index in [1.54, 1.807) is 10.4 Å². The molecule has 1 aromatic carbocycles. The van der Waals surface area contributed by atoms with Crippen LogP contribution in [-0.2, 0) is 12.8 Å². The van der Waals surface area contributed by atoms with Crippen molar-refractivity contribution in [2.75, 3.05) is 7.05 Å². The van der Waals surface area contributed by atoms with E-state index in [0.717, 1.165) is 0 Å². The smallest absolute Gasteiger partial charge is 0.0671 e. The first-order chi connectivity index (χ1) is 9.79. The van der Waals surface area contributed by atoms with Crippen LogP contribution in [0.5, 0.6) is 0 Å². The number of hydrogen-bond donors (Lipinski definition) is 1. The van der Waals surface area contributed by atoms with E-state index < -0.39 is 0 Å². The molecule has 0 fully saturated rings. The molecule has 0 amide bonds. The maximum absolute atomic E-state index is 3.51. The molecule has 1 nitrogen and oxygen atoms in total. The minimum atomic E-state index is 0.341. The first kappa shape index (κ1) is 13.8. The third-order valence-electron chi connectivity index (χ3n) is 4.34. The van der Waals surface area contributed by atoms with Gasteiger partial charge >= 0.3 is 0 Å². The molecular weight excluding hydrogens is 262 g/mol. The molecule has 20 heavy (non-hydrogen) atoms. The van der Waals surface area contributed by atoms with E-state index >= 15 is 0 Å². The van der Waals surface area contributed by atoms with Gasteiger partial charge in [-0.3, -0.25) is 0 Å². The van der Waals surface area contributed by atoms with Crippen LogP contribution in [0.4, 0.5) is 0 Å². The number of benzene rings is 1. The fourth-order valence-electron chi connectivity index (χ4n) is 3.19. The molecule has 1 heterocycles. The highest BCUT2D eigenvalue weighted by Gasteiger charge is 2.19. The summed E-state index contributed by atoms with van der Waals surface area (Å²) in [6, 6.07) is 11.5. The Balaban J connectivity index is 1.96. The summed E-state index contributed by atoms with van der Waals surface area (Å²) in [4.78, 5) is 3.11. The SMILES string of the molecule is CNC(c1cc2c(s1)CCCCC2)c1ccccc1C. The molecule has 0 radical (unpaired) electrons. The van der Waals surface area contributed by atoms with E-state index in [1.165, 1.54) is 48.1 Å². The highest BCUT2D eigenvalue weighted by molar-refractivity contribution is 7.12. The molecule has 106 valence electrons. The van der Waals surface area contributed by atoms with Gasteiger partial charge in [0.2, 0.25) is 0 Å². The quantitative estimate of drug-likeness (QED) is 0.810. The van der Waals surface area contributed by atoms with Gasteiger partial charge in [-0.05, 0) is 62.4 Å². The van der Waals surface area contributed by atoms with Crippen molar-refractivity contribution in [2.24, 2.45) is 0 Å². The molecule has 1 N–H and O–H groups in total. The Morgan fingerprint density at radius 1 is 1.10 bits per heavy atom. The number of nitrogens with one attached hydrogen (secondary N) is 1. The van der Waals surface area contributed by atoms with Gasteiger partial charge in [0.25, 0.3) is 0 Å². The standard InChI is InChI=1S/C18H23NS/c1-13-8-6-7-10-15(13)18(19-2)17-12-14-9-4-3-5-11-16(14)20-17/h6-8,10,12,18-19H,3-5,9,11H2,1-2H3. The van der Waals surface area contributed by atoms with E-state index in [4.69, 9.17) is 0 Å². The number of hydrogen-bond acceptors (Lipinski definition) is 2. The maximum Gasteiger partial charge on any atom is 0.0671 e. The van der Waals surface area contributed by atoms with Crippen LogP contribution in [0, 0.1) is 6.92 Å². The average Bonchev–Trinajstić information content (AvgIpc) is 2.72. The largest absolute Gasteiger partial charge is 0.309 e. The first-order valence-corrected chi connectivity index (χ1v) is 8.45. The van der Waals surface area contributed by atoms with Crippen LogP contribution in [0.1, 0.15) is 51.7 Å². The highest BCUT2D eigenvalue weighted by Crippen LogP contribution is 2.35. The third-order valence-corrected chi connectivity index (χ3v) is 5.64. The van der Waals surface area contributed by atoms with Gasteiger partial charge in [0.15, 0.2) is 0 Å². The zero-order chi connectivity index (χ0) is 13.9. The molecule has 1 aliphatic rings. The molecule has 2 heteroatoms. The molecule has 0 aliphatic heterocycles. The summed E-state index contributed by atoms with van der Waals surface area (Å²) in [5.74, 6) is 0. The first-order valence-electron chi connectivity index (χ1n) is 7.64. The molecule has 3 rings (SSSR count). The van der Waals surface area contributed by atoms with E-state index in [-0.39, 0.29) is 0 Å². The van der Waals surface area contributed by atoms with Gasteiger partial charge in [-0.1, -0.05) is 30.7 Å². The van der Waals surface area contributed by atoms with Crippen molar-refractivity contribution in [1.82, 2.24) is 5.32 Å². The second-order valence-electron chi connectivity index (χ2n) is 5.74. The molecule has 1 aliphatic carbocycles. The fourth-order valence-corrected chi connectivity index (χ4v) is 4.58. The number of thiophene rings is 1. The second kappa shape index (κ2) is 6.11. The van der Waals surface area contributed by atoms with Gasteiger partial charge in [-0.2, -0.15) is 0 Å². The molecule has 2 aromatic rings. The summed E-state index contributed by atoms with van der Waals surface area (Å²) >= 11 is 2.02. The summed E-state index contributed by atoms with van der Waals surface area (Å²) in [6.45, 7) is 2.21. The van der Waals surface area contributed by atoms with Crippen molar-refractivity contribution >= 4 is 11.3 Å². The van der Waals surface area contributed by atoms with Crippen molar-refractivity contribution in [3.05, 3.63) is 56.8 Å². The zero-order valence-electron chi connectivity index (χ0n) is 12.4. The van der Waals surface area contributed by atoms with Gasteiger partial charge in [-0.25, -0.2) is 0 Å². The Labute approximate surface area is 126 Å². The summed E-state index contributed by atoms with van der Waals surface area (Å²) in [5, 5.41) is 3.51. The predicted molar refractivity (Wildman–Crippen MR) is 87.7 cm³/mol. The van der Waals surface area contributed by atoms with Crippen LogP contribution in [0.15, 0.2) is 30.3 Å².